The van der Waals surface area contributed by atoms with Crippen LogP contribution in [0.4, 0.5) is 0 Å². The number of carbonyl (C=O) groups is 1. The van der Waals surface area contributed by atoms with Crippen LogP contribution in [-0.4, -0.2) is 40.5 Å². The SMILES string of the molecule is C=C[C@H]1OC(C)(C)O[C@@H]1[C@H](CC(=O)OC(C)(C)C)N(Cc1ccccc1)Cc1ccccc1. The first-order valence-electron chi connectivity index (χ1n) is 11.6. The Labute approximate surface area is 198 Å². The number of rotatable bonds is 9. The third-order valence-electron chi connectivity index (χ3n) is 5.50. The maximum Gasteiger partial charge on any atom is 0.308 e. The van der Waals surface area contributed by atoms with E-state index in [1.54, 1.807) is 6.08 Å². The minimum absolute atomic E-state index is 0.186. The highest BCUT2D eigenvalue weighted by Crippen LogP contribution is 2.34. The van der Waals surface area contributed by atoms with Crippen molar-refractivity contribution < 1.29 is 19.0 Å². The zero-order chi connectivity index (χ0) is 24.1. The molecular weight excluding hydrogens is 414 g/mol. The zero-order valence-corrected chi connectivity index (χ0v) is 20.5. The van der Waals surface area contributed by atoms with Crippen LogP contribution in [0.1, 0.15) is 52.2 Å². The van der Waals surface area contributed by atoms with E-state index in [9.17, 15) is 4.79 Å². The lowest BCUT2D eigenvalue weighted by molar-refractivity contribution is -0.164. The van der Waals surface area contributed by atoms with Crippen LogP contribution in [0.15, 0.2) is 73.3 Å². The van der Waals surface area contributed by atoms with Crippen LogP contribution >= 0.6 is 0 Å². The first-order valence-corrected chi connectivity index (χ1v) is 11.6. The average molecular weight is 452 g/mol. The summed E-state index contributed by atoms with van der Waals surface area (Å²) in [6, 6.07) is 20.3. The van der Waals surface area contributed by atoms with E-state index < -0.39 is 11.4 Å². The quantitative estimate of drug-likeness (QED) is 0.372. The molecule has 1 fully saturated rings. The Morgan fingerprint density at radius 2 is 1.55 bits per heavy atom. The Morgan fingerprint density at radius 3 is 2.00 bits per heavy atom. The first kappa shape index (κ1) is 25.2. The molecule has 0 aromatic heterocycles. The molecule has 5 heteroatoms. The topological polar surface area (TPSA) is 48.0 Å². The summed E-state index contributed by atoms with van der Waals surface area (Å²) in [5, 5.41) is 0. The lowest BCUT2D eigenvalue weighted by atomic mass is 9.98. The van der Waals surface area contributed by atoms with Crippen LogP contribution in [0.5, 0.6) is 0 Å². The summed E-state index contributed by atoms with van der Waals surface area (Å²) in [7, 11) is 0. The minimum atomic E-state index is -0.763. The van der Waals surface area contributed by atoms with Crippen molar-refractivity contribution >= 4 is 5.97 Å². The van der Waals surface area contributed by atoms with Crippen LogP contribution in [0.25, 0.3) is 0 Å². The minimum Gasteiger partial charge on any atom is -0.460 e. The average Bonchev–Trinajstić information content (AvgIpc) is 3.06. The summed E-state index contributed by atoms with van der Waals surface area (Å²) < 4.78 is 18.2. The third-order valence-corrected chi connectivity index (χ3v) is 5.50. The van der Waals surface area contributed by atoms with E-state index in [4.69, 9.17) is 14.2 Å². The summed E-state index contributed by atoms with van der Waals surface area (Å²) in [4.78, 5) is 15.3. The van der Waals surface area contributed by atoms with E-state index in [2.05, 4.69) is 35.7 Å². The fourth-order valence-electron chi connectivity index (χ4n) is 4.23. The highest BCUT2D eigenvalue weighted by molar-refractivity contribution is 5.70. The van der Waals surface area contributed by atoms with E-state index in [0.717, 1.165) is 11.1 Å². The van der Waals surface area contributed by atoms with Crippen molar-refractivity contribution in [3.05, 3.63) is 84.4 Å². The van der Waals surface area contributed by atoms with Gasteiger partial charge in [0.05, 0.1) is 12.5 Å². The number of nitrogens with zero attached hydrogens (tertiary/aromatic N) is 1. The lowest BCUT2D eigenvalue weighted by Gasteiger charge is -2.36. The molecule has 0 radical (unpaired) electrons. The summed E-state index contributed by atoms with van der Waals surface area (Å²) >= 11 is 0. The second kappa shape index (κ2) is 10.6. The van der Waals surface area contributed by atoms with Crippen molar-refractivity contribution in [2.75, 3.05) is 0 Å². The molecule has 0 unspecified atom stereocenters. The van der Waals surface area contributed by atoms with Gasteiger partial charge in [0.2, 0.25) is 0 Å². The van der Waals surface area contributed by atoms with Gasteiger partial charge in [-0.3, -0.25) is 9.69 Å². The van der Waals surface area contributed by atoms with Crippen LogP contribution in [0.2, 0.25) is 0 Å². The van der Waals surface area contributed by atoms with Crippen LogP contribution < -0.4 is 0 Å². The Kier molecular flexibility index (Phi) is 8.11. The summed E-state index contributed by atoms with van der Waals surface area (Å²) in [5.41, 5.74) is 1.77. The first-order chi connectivity index (χ1) is 15.6. The molecule has 33 heavy (non-hydrogen) atoms. The maximum atomic E-state index is 13.0. The molecule has 3 rings (SSSR count). The number of ether oxygens (including phenoxy) is 3. The van der Waals surface area contributed by atoms with Gasteiger partial charge in [-0.25, -0.2) is 0 Å². The molecule has 2 aromatic rings. The van der Waals surface area contributed by atoms with Crippen molar-refractivity contribution in [1.82, 2.24) is 4.90 Å². The van der Waals surface area contributed by atoms with Crippen molar-refractivity contribution in [3.8, 4) is 0 Å². The van der Waals surface area contributed by atoms with Crippen molar-refractivity contribution in [2.45, 2.75) is 83.8 Å². The largest absolute Gasteiger partial charge is 0.460 e. The van der Waals surface area contributed by atoms with Crippen LogP contribution in [0, 0.1) is 0 Å². The maximum absolute atomic E-state index is 13.0. The fraction of sp³-hybridized carbons (Fsp3) is 0.464. The van der Waals surface area contributed by atoms with E-state index in [0.29, 0.717) is 13.1 Å². The molecule has 0 bridgehead atoms. The van der Waals surface area contributed by atoms with E-state index in [1.807, 2.05) is 71.0 Å². The van der Waals surface area contributed by atoms with Gasteiger partial charge in [-0.15, -0.1) is 6.58 Å². The summed E-state index contributed by atoms with van der Waals surface area (Å²) in [6.45, 7) is 14.7. The molecule has 2 aromatic carbocycles. The lowest BCUT2D eigenvalue weighted by Crippen LogP contribution is -2.48. The molecule has 3 atom stereocenters. The molecule has 0 spiro atoms. The Bertz CT molecular complexity index is 863. The normalized spacial score (nSPS) is 21.0. The van der Waals surface area contributed by atoms with E-state index >= 15 is 0 Å². The zero-order valence-electron chi connectivity index (χ0n) is 20.5. The molecule has 1 heterocycles. The van der Waals surface area contributed by atoms with Gasteiger partial charge in [0.15, 0.2) is 5.79 Å². The summed E-state index contributed by atoms with van der Waals surface area (Å²) in [6.07, 6.45) is 1.26. The van der Waals surface area contributed by atoms with E-state index in [-0.39, 0.29) is 30.6 Å². The number of carbonyl (C=O) groups excluding carboxylic acids is 1. The number of hydrogen-bond donors (Lipinski definition) is 0. The van der Waals surface area contributed by atoms with E-state index in [1.165, 1.54) is 0 Å². The second-order valence-electron chi connectivity index (χ2n) is 10.0. The molecule has 178 valence electrons. The molecule has 0 N–H and O–H groups in total. The van der Waals surface area contributed by atoms with Gasteiger partial charge >= 0.3 is 5.97 Å². The van der Waals surface area contributed by atoms with Gasteiger partial charge in [-0.2, -0.15) is 0 Å². The van der Waals surface area contributed by atoms with Crippen molar-refractivity contribution in [1.29, 1.82) is 0 Å². The van der Waals surface area contributed by atoms with Crippen molar-refractivity contribution in [2.24, 2.45) is 0 Å². The number of hydrogen-bond acceptors (Lipinski definition) is 5. The van der Waals surface area contributed by atoms with Gasteiger partial charge in [-0.05, 0) is 45.7 Å². The predicted octanol–water partition coefficient (Wildman–Crippen LogP) is 5.50. The molecule has 0 amide bonds. The smallest absolute Gasteiger partial charge is 0.308 e. The predicted molar refractivity (Wildman–Crippen MR) is 130 cm³/mol. The molecule has 1 aliphatic heterocycles. The van der Waals surface area contributed by atoms with Gasteiger partial charge in [0.25, 0.3) is 0 Å². The number of esters is 1. The Morgan fingerprint density at radius 1 is 1.03 bits per heavy atom. The van der Waals surface area contributed by atoms with Crippen LogP contribution in [0.3, 0.4) is 0 Å². The van der Waals surface area contributed by atoms with Gasteiger partial charge in [0.1, 0.15) is 17.8 Å². The molecule has 1 saturated heterocycles. The highest BCUT2D eigenvalue weighted by atomic mass is 16.8. The molecule has 0 aliphatic carbocycles. The number of benzene rings is 2. The van der Waals surface area contributed by atoms with Gasteiger partial charge in [-0.1, -0.05) is 66.7 Å². The van der Waals surface area contributed by atoms with Crippen molar-refractivity contribution in [3.63, 3.8) is 0 Å². The highest BCUT2D eigenvalue weighted by Gasteiger charge is 2.46. The molecule has 1 aliphatic rings. The monoisotopic (exact) mass is 451 g/mol. The third kappa shape index (κ3) is 7.53. The van der Waals surface area contributed by atoms with Gasteiger partial charge in [0, 0.05) is 13.1 Å². The van der Waals surface area contributed by atoms with Crippen LogP contribution in [-0.2, 0) is 32.1 Å². The second-order valence-corrected chi connectivity index (χ2v) is 10.0. The van der Waals surface area contributed by atoms with Gasteiger partial charge < -0.3 is 14.2 Å². The Balaban J connectivity index is 1.97. The molecular formula is C28H37NO4. The Hall–Kier alpha value is -2.47. The molecule has 0 saturated carbocycles. The molecule has 5 nitrogen and oxygen atoms in total. The fourth-order valence-corrected chi connectivity index (χ4v) is 4.23. The standard InChI is InChI=1S/C28H37NO4/c1-7-24-26(33-28(5,6)31-24)23(18-25(30)32-27(2,3)4)29(19-21-14-10-8-11-15-21)20-22-16-12-9-13-17-22/h7-17,23-24,26H,1,18-20H2,2-6H3/t23-,24+,26+/m0/s1. The summed E-state index contributed by atoms with van der Waals surface area (Å²) in [5.74, 6) is -1.02.